The van der Waals surface area contributed by atoms with Crippen molar-refractivity contribution >= 4 is 56.3 Å². The molecule has 0 saturated carbocycles. The first-order chi connectivity index (χ1) is 18.2. The Morgan fingerprint density at radius 1 is 0.947 bits per heavy atom. The zero-order valence-electron chi connectivity index (χ0n) is 21.7. The van der Waals surface area contributed by atoms with Crippen LogP contribution in [0.25, 0.3) is 43.4 Å². The Bertz CT molecular complexity index is 1640. The van der Waals surface area contributed by atoms with Crippen molar-refractivity contribution in [3.63, 3.8) is 0 Å². The quantitative estimate of drug-likeness (QED) is 0.249. The van der Waals surface area contributed by atoms with E-state index in [0.717, 1.165) is 84.0 Å². The second kappa shape index (κ2) is 11.0. The molecule has 0 aliphatic carbocycles. The summed E-state index contributed by atoms with van der Waals surface area (Å²) in [5.74, 6) is -0.352. The monoisotopic (exact) mass is 524 g/mol. The predicted molar refractivity (Wildman–Crippen MR) is 162 cm³/mol. The Kier molecular flexibility index (Phi) is 7.50. The van der Waals surface area contributed by atoms with Crippen molar-refractivity contribution in [1.82, 2.24) is 10.3 Å². The van der Waals surface area contributed by atoms with Gasteiger partial charge in [0.2, 0.25) is 0 Å². The molecule has 0 unspecified atom stereocenters. The van der Waals surface area contributed by atoms with Gasteiger partial charge in [-0.2, -0.15) is 0 Å². The molecule has 194 valence electrons. The smallest absolute Gasteiger partial charge is 0.251 e. The molecule has 0 bridgehead atoms. The lowest BCUT2D eigenvalue weighted by molar-refractivity contribution is 0.1000. The van der Waals surface area contributed by atoms with Gasteiger partial charge in [0, 0.05) is 49.5 Å². The molecule has 2 heterocycles. The van der Waals surface area contributed by atoms with Gasteiger partial charge in [0.05, 0.1) is 11.3 Å². The zero-order valence-corrected chi connectivity index (χ0v) is 22.5. The fourth-order valence-corrected chi connectivity index (χ4v) is 5.91. The highest BCUT2D eigenvalue weighted by atomic mass is 35.5. The molecule has 3 N–H and O–H groups in total. The van der Waals surface area contributed by atoms with Gasteiger partial charge in [-0.05, 0) is 69.1 Å². The first kappa shape index (κ1) is 26.0. The van der Waals surface area contributed by atoms with E-state index in [4.69, 9.17) is 5.73 Å². The molecule has 0 atom stereocenters. The Morgan fingerprint density at radius 3 is 2.37 bits per heavy atom. The van der Waals surface area contributed by atoms with Crippen LogP contribution < -0.4 is 16.0 Å². The highest BCUT2D eigenvalue weighted by Gasteiger charge is 2.28. The molecule has 1 saturated heterocycles. The molecule has 6 rings (SSSR count). The third kappa shape index (κ3) is 4.46. The van der Waals surface area contributed by atoms with E-state index in [2.05, 4.69) is 76.7 Å². The number of anilines is 1. The number of carbonyl (C=O) groups excluding carboxylic acids is 1. The first-order valence-corrected chi connectivity index (χ1v) is 13.3. The summed E-state index contributed by atoms with van der Waals surface area (Å²) in [5.41, 5.74) is 11.2. The zero-order chi connectivity index (χ0) is 25.4. The molecule has 38 heavy (non-hydrogen) atoms. The standard InChI is InChI=1S/C32H32N4O.ClH/c1-2-3-10-24-26-18-22-7-4-5-8-23(22)19-27(26)29(25-11-6-9-21-12-13-35-20-28(21)25)31(30(24)32(33)37)36-16-14-34-15-17-36;/h4-9,11-13,18-20,34H,2-3,10,14-17H2,1H3,(H2,33,37);1H. The number of amides is 1. The number of piperazine rings is 1. The van der Waals surface area contributed by atoms with E-state index in [1.165, 1.54) is 16.2 Å². The number of unbranched alkanes of at least 4 members (excludes halogenated alkanes) is 1. The van der Waals surface area contributed by atoms with E-state index in [9.17, 15) is 4.79 Å². The molecule has 5 nitrogen and oxygen atoms in total. The van der Waals surface area contributed by atoms with Crippen molar-refractivity contribution in [1.29, 1.82) is 0 Å². The number of hydrogen-bond acceptors (Lipinski definition) is 4. The lowest BCUT2D eigenvalue weighted by Gasteiger charge is -2.34. The number of carbonyl (C=O) groups is 1. The first-order valence-electron chi connectivity index (χ1n) is 13.3. The summed E-state index contributed by atoms with van der Waals surface area (Å²) in [6.07, 6.45) is 6.64. The number of pyridine rings is 1. The molecular weight excluding hydrogens is 492 g/mol. The number of halogens is 1. The SMILES string of the molecule is CCCCc1c(C(N)=O)c(N2CCNCC2)c(-c2cccc3ccncc23)c2cc3ccccc3cc12.Cl. The molecule has 0 spiro atoms. The van der Waals surface area contributed by atoms with Gasteiger partial charge in [0.25, 0.3) is 5.91 Å². The van der Waals surface area contributed by atoms with Crippen molar-refractivity contribution in [2.75, 3.05) is 31.1 Å². The molecule has 4 aromatic carbocycles. The summed E-state index contributed by atoms with van der Waals surface area (Å²) in [5, 5.41) is 10.3. The second-order valence-electron chi connectivity index (χ2n) is 9.93. The number of fused-ring (bicyclic) bond motifs is 3. The van der Waals surface area contributed by atoms with E-state index in [1.807, 2.05) is 18.5 Å². The van der Waals surface area contributed by atoms with Crippen LogP contribution in [0.2, 0.25) is 0 Å². The minimum absolute atomic E-state index is 0. The van der Waals surface area contributed by atoms with E-state index < -0.39 is 0 Å². The Morgan fingerprint density at radius 2 is 1.66 bits per heavy atom. The maximum Gasteiger partial charge on any atom is 0.251 e. The maximum atomic E-state index is 13.4. The average molecular weight is 525 g/mol. The molecule has 1 aliphatic rings. The number of aryl methyl sites for hydroxylation is 1. The topological polar surface area (TPSA) is 71.2 Å². The van der Waals surface area contributed by atoms with Crippen LogP contribution in [-0.4, -0.2) is 37.1 Å². The van der Waals surface area contributed by atoms with Crippen molar-refractivity contribution in [3.8, 4) is 11.1 Å². The average Bonchev–Trinajstić information content (AvgIpc) is 2.94. The fourth-order valence-electron chi connectivity index (χ4n) is 5.91. The van der Waals surface area contributed by atoms with Crippen molar-refractivity contribution < 1.29 is 4.79 Å². The highest BCUT2D eigenvalue weighted by Crippen LogP contribution is 2.46. The van der Waals surface area contributed by atoms with Gasteiger partial charge in [0.1, 0.15) is 0 Å². The number of hydrogen-bond donors (Lipinski definition) is 2. The Labute approximate surface area is 229 Å². The van der Waals surface area contributed by atoms with Crippen molar-refractivity contribution in [2.45, 2.75) is 26.2 Å². The summed E-state index contributed by atoms with van der Waals surface area (Å²) in [7, 11) is 0. The number of benzene rings is 4. The normalized spacial score (nSPS) is 13.7. The van der Waals surface area contributed by atoms with Gasteiger partial charge in [-0.1, -0.05) is 55.8 Å². The molecule has 1 fully saturated rings. The van der Waals surface area contributed by atoms with E-state index in [0.29, 0.717) is 5.56 Å². The molecule has 6 heteroatoms. The number of nitrogens with two attached hydrogens (primary N) is 1. The number of nitrogens with one attached hydrogen (secondary N) is 1. The lowest BCUT2D eigenvalue weighted by atomic mass is 9.84. The summed E-state index contributed by atoms with van der Waals surface area (Å²) >= 11 is 0. The number of nitrogens with zero attached hydrogens (tertiary/aromatic N) is 2. The molecule has 0 radical (unpaired) electrons. The molecule has 5 aromatic rings. The number of aromatic nitrogens is 1. The van der Waals surface area contributed by atoms with E-state index >= 15 is 0 Å². The van der Waals surface area contributed by atoms with Gasteiger partial charge >= 0.3 is 0 Å². The summed E-state index contributed by atoms with van der Waals surface area (Å²) in [6.45, 7) is 5.57. The summed E-state index contributed by atoms with van der Waals surface area (Å²) in [6, 6.07) is 21.5. The molecule has 1 aromatic heterocycles. The van der Waals surface area contributed by atoms with Gasteiger partial charge < -0.3 is 16.0 Å². The summed E-state index contributed by atoms with van der Waals surface area (Å²) in [4.78, 5) is 20.2. The number of primary amides is 1. The summed E-state index contributed by atoms with van der Waals surface area (Å²) < 4.78 is 0. The van der Waals surface area contributed by atoms with Crippen LogP contribution in [0.3, 0.4) is 0 Å². The Hall–Kier alpha value is -3.67. The largest absolute Gasteiger partial charge is 0.368 e. The molecule has 1 aliphatic heterocycles. The molecule has 1 amide bonds. The van der Waals surface area contributed by atoms with Crippen molar-refractivity contribution in [2.24, 2.45) is 5.73 Å². The minimum atomic E-state index is -0.352. The van der Waals surface area contributed by atoms with Crippen LogP contribution in [0.15, 0.2) is 73.1 Å². The van der Waals surface area contributed by atoms with Gasteiger partial charge in [-0.3, -0.25) is 9.78 Å². The number of rotatable bonds is 6. The Balaban J connectivity index is 0.00000294. The second-order valence-corrected chi connectivity index (χ2v) is 9.93. The third-order valence-corrected chi connectivity index (χ3v) is 7.67. The minimum Gasteiger partial charge on any atom is -0.368 e. The van der Waals surface area contributed by atoms with Gasteiger partial charge in [0.15, 0.2) is 0 Å². The highest BCUT2D eigenvalue weighted by molar-refractivity contribution is 6.19. The predicted octanol–water partition coefficient (Wildman–Crippen LogP) is 6.48. The van der Waals surface area contributed by atoms with Gasteiger partial charge in [-0.25, -0.2) is 0 Å². The van der Waals surface area contributed by atoms with Crippen LogP contribution in [0.1, 0.15) is 35.7 Å². The van der Waals surface area contributed by atoms with Crippen LogP contribution in [-0.2, 0) is 6.42 Å². The van der Waals surface area contributed by atoms with Crippen LogP contribution in [0.5, 0.6) is 0 Å². The molecular formula is C32H33ClN4O. The maximum absolute atomic E-state index is 13.4. The van der Waals surface area contributed by atoms with Crippen LogP contribution in [0.4, 0.5) is 5.69 Å². The van der Waals surface area contributed by atoms with E-state index in [1.54, 1.807) is 0 Å². The van der Waals surface area contributed by atoms with E-state index in [-0.39, 0.29) is 18.3 Å². The lowest BCUT2D eigenvalue weighted by Crippen LogP contribution is -2.44. The van der Waals surface area contributed by atoms with Crippen LogP contribution in [0, 0.1) is 0 Å². The van der Waals surface area contributed by atoms with Crippen LogP contribution >= 0.6 is 12.4 Å². The van der Waals surface area contributed by atoms with Gasteiger partial charge in [-0.15, -0.1) is 12.4 Å². The fraction of sp³-hybridized carbons (Fsp3) is 0.250. The van der Waals surface area contributed by atoms with Crippen molar-refractivity contribution in [3.05, 3.63) is 84.2 Å². The third-order valence-electron chi connectivity index (χ3n) is 7.67.